The largest absolute Gasteiger partial charge is 0.497 e. The number of likely N-dealkylation sites (tertiary alicyclic amines) is 1. The van der Waals surface area contributed by atoms with E-state index in [4.69, 9.17) is 9.47 Å². The number of nitrogens with zero attached hydrogens (tertiary/aromatic N) is 6. The highest BCUT2D eigenvalue weighted by Gasteiger charge is 2.36. The lowest BCUT2D eigenvalue weighted by molar-refractivity contribution is -0.0669. The van der Waals surface area contributed by atoms with Crippen LogP contribution in [0.4, 0.5) is 0 Å². The fourth-order valence-corrected chi connectivity index (χ4v) is 4.08. The van der Waals surface area contributed by atoms with E-state index in [1.165, 1.54) is 5.56 Å². The molecular weight excluding hydrogens is 344 g/mol. The van der Waals surface area contributed by atoms with Crippen LogP contribution in [-0.2, 0) is 17.9 Å². The second kappa shape index (κ2) is 6.79. The summed E-state index contributed by atoms with van der Waals surface area (Å²) in [6, 6.07) is 8.28. The first kappa shape index (κ1) is 16.5. The van der Waals surface area contributed by atoms with E-state index >= 15 is 0 Å². The van der Waals surface area contributed by atoms with Gasteiger partial charge in [0.15, 0.2) is 0 Å². The molecule has 0 bridgehead atoms. The molecule has 0 radical (unpaired) electrons. The van der Waals surface area contributed by atoms with Gasteiger partial charge in [-0.15, -0.1) is 5.10 Å². The van der Waals surface area contributed by atoms with Crippen molar-refractivity contribution < 1.29 is 9.47 Å². The van der Waals surface area contributed by atoms with E-state index in [1.807, 2.05) is 27.7 Å². The molecule has 1 fully saturated rings. The summed E-state index contributed by atoms with van der Waals surface area (Å²) < 4.78 is 15.4. The van der Waals surface area contributed by atoms with Gasteiger partial charge >= 0.3 is 0 Å². The quantitative estimate of drug-likeness (QED) is 0.701. The summed E-state index contributed by atoms with van der Waals surface area (Å²) in [6.45, 7) is 3.30. The Morgan fingerprint density at radius 1 is 1.33 bits per heavy atom. The van der Waals surface area contributed by atoms with Crippen LogP contribution in [0.2, 0.25) is 0 Å². The van der Waals surface area contributed by atoms with Gasteiger partial charge in [0.05, 0.1) is 43.4 Å². The normalized spacial score (nSPS) is 22.3. The van der Waals surface area contributed by atoms with Crippen molar-refractivity contribution in [2.45, 2.75) is 31.7 Å². The first-order chi connectivity index (χ1) is 13.3. The van der Waals surface area contributed by atoms with E-state index in [0.717, 1.165) is 43.2 Å². The van der Waals surface area contributed by atoms with Gasteiger partial charge in [-0.3, -0.25) is 4.90 Å². The van der Waals surface area contributed by atoms with Crippen LogP contribution >= 0.6 is 0 Å². The molecule has 0 aliphatic carbocycles. The Morgan fingerprint density at radius 3 is 3.15 bits per heavy atom. The molecule has 1 aromatic carbocycles. The monoisotopic (exact) mass is 366 g/mol. The van der Waals surface area contributed by atoms with Crippen LogP contribution in [0.3, 0.4) is 0 Å². The van der Waals surface area contributed by atoms with Crippen molar-refractivity contribution in [2.75, 3.05) is 20.2 Å². The van der Waals surface area contributed by atoms with E-state index in [2.05, 4.69) is 32.4 Å². The predicted molar refractivity (Wildman–Crippen MR) is 97.6 cm³/mol. The Balaban J connectivity index is 1.41. The number of aromatic nitrogens is 5. The summed E-state index contributed by atoms with van der Waals surface area (Å²) in [5.41, 5.74) is 3.31. The number of piperidine rings is 1. The number of benzene rings is 1. The highest BCUT2D eigenvalue weighted by Crippen LogP contribution is 2.31. The van der Waals surface area contributed by atoms with Gasteiger partial charge in [0.2, 0.25) is 0 Å². The van der Waals surface area contributed by atoms with Crippen LogP contribution in [-0.4, -0.2) is 56.0 Å². The standard InChI is InChI=1S/C19H22N6O2/c1-26-16-3-4-17(24-7-2-6-21-24)14(9-16)11-23-8-5-19-18(12-23)25-15(13-27-19)10-20-22-25/h2-4,6-7,9-10,18-19H,5,8,11-13H2,1H3/t18-,19-/m0/s1. The zero-order valence-electron chi connectivity index (χ0n) is 15.2. The van der Waals surface area contributed by atoms with Crippen molar-refractivity contribution in [1.29, 1.82) is 0 Å². The first-order valence-electron chi connectivity index (χ1n) is 9.22. The summed E-state index contributed by atoms with van der Waals surface area (Å²) in [6.07, 6.45) is 6.77. The molecule has 2 aromatic heterocycles. The molecule has 2 aliphatic heterocycles. The molecule has 4 heterocycles. The topological polar surface area (TPSA) is 70.2 Å². The average Bonchev–Trinajstić information content (AvgIpc) is 3.39. The fourth-order valence-electron chi connectivity index (χ4n) is 4.08. The maximum atomic E-state index is 6.02. The molecule has 3 aromatic rings. The van der Waals surface area contributed by atoms with Crippen molar-refractivity contribution >= 4 is 0 Å². The molecule has 0 spiro atoms. The zero-order chi connectivity index (χ0) is 18.2. The maximum Gasteiger partial charge on any atom is 0.119 e. The van der Waals surface area contributed by atoms with E-state index in [-0.39, 0.29) is 12.1 Å². The van der Waals surface area contributed by atoms with Crippen molar-refractivity contribution in [2.24, 2.45) is 0 Å². The Hall–Kier alpha value is -2.71. The van der Waals surface area contributed by atoms with Crippen LogP contribution in [0, 0.1) is 0 Å². The Kier molecular flexibility index (Phi) is 4.14. The minimum Gasteiger partial charge on any atom is -0.497 e. The van der Waals surface area contributed by atoms with Gasteiger partial charge < -0.3 is 9.47 Å². The van der Waals surface area contributed by atoms with Gasteiger partial charge in [-0.05, 0) is 36.2 Å². The molecule has 0 amide bonds. The molecule has 1 saturated heterocycles. The summed E-state index contributed by atoms with van der Waals surface area (Å²) in [5, 5.41) is 12.8. The van der Waals surface area contributed by atoms with Crippen molar-refractivity contribution in [1.82, 2.24) is 29.7 Å². The molecule has 0 unspecified atom stereocenters. The molecule has 27 heavy (non-hydrogen) atoms. The summed E-state index contributed by atoms with van der Waals surface area (Å²) >= 11 is 0. The second-order valence-electron chi connectivity index (χ2n) is 7.06. The van der Waals surface area contributed by atoms with Gasteiger partial charge in [-0.1, -0.05) is 5.21 Å². The number of hydrogen-bond acceptors (Lipinski definition) is 6. The van der Waals surface area contributed by atoms with Crippen molar-refractivity contribution in [3.05, 3.63) is 54.1 Å². The zero-order valence-corrected chi connectivity index (χ0v) is 15.2. The van der Waals surface area contributed by atoms with Crippen LogP contribution in [0.5, 0.6) is 5.75 Å². The lowest BCUT2D eigenvalue weighted by Crippen LogP contribution is -2.47. The van der Waals surface area contributed by atoms with Crippen LogP contribution in [0.1, 0.15) is 23.7 Å². The first-order valence-corrected chi connectivity index (χ1v) is 9.22. The number of ether oxygens (including phenoxy) is 2. The molecule has 5 rings (SSSR count). The minimum absolute atomic E-state index is 0.212. The lowest BCUT2D eigenvalue weighted by atomic mass is 9.99. The highest BCUT2D eigenvalue weighted by molar-refractivity contribution is 5.45. The van der Waals surface area contributed by atoms with Crippen molar-refractivity contribution in [3.8, 4) is 11.4 Å². The van der Waals surface area contributed by atoms with E-state index in [9.17, 15) is 0 Å². The summed E-state index contributed by atoms with van der Waals surface area (Å²) in [7, 11) is 1.70. The predicted octanol–water partition coefficient (Wildman–Crippen LogP) is 1.82. The van der Waals surface area contributed by atoms with Gasteiger partial charge in [0.1, 0.15) is 5.75 Å². The molecule has 2 atom stereocenters. The minimum atomic E-state index is 0.212. The van der Waals surface area contributed by atoms with E-state index in [1.54, 1.807) is 19.5 Å². The smallest absolute Gasteiger partial charge is 0.119 e. The summed E-state index contributed by atoms with van der Waals surface area (Å²) in [5.74, 6) is 0.857. The van der Waals surface area contributed by atoms with Crippen molar-refractivity contribution in [3.63, 3.8) is 0 Å². The Labute approximate surface area is 157 Å². The molecule has 8 heteroatoms. The van der Waals surface area contributed by atoms with Gasteiger partial charge in [0, 0.05) is 32.0 Å². The molecule has 0 saturated carbocycles. The van der Waals surface area contributed by atoms with Gasteiger partial charge in [-0.2, -0.15) is 5.10 Å². The fraction of sp³-hybridized carbons (Fsp3) is 0.421. The second-order valence-corrected chi connectivity index (χ2v) is 7.06. The molecule has 8 nitrogen and oxygen atoms in total. The maximum absolute atomic E-state index is 6.02. The van der Waals surface area contributed by atoms with Crippen LogP contribution in [0.15, 0.2) is 42.9 Å². The summed E-state index contributed by atoms with van der Waals surface area (Å²) in [4.78, 5) is 2.45. The number of fused-ring (bicyclic) bond motifs is 3. The molecule has 0 N–H and O–H groups in total. The molecular formula is C19H22N6O2. The Bertz CT molecular complexity index is 922. The van der Waals surface area contributed by atoms with Gasteiger partial charge in [-0.25, -0.2) is 9.36 Å². The third kappa shape index (κ3) is 3.00. The third-order valence-corrected chi connectivity index (χ3v) is 5.44. The number of methoxy groups -OCH3 is 1. The molecule has 2 aliphatic rings. The highest BCUT2D eigenvalue weighted by atomic mass is 16.5. The lowest BCUT2D eigenvalue weighted by Gasteiger charge is -2.41. The third-order valence-electron chi connectivity index (χ3n) is 5.44. The number of hydrogen-bond donors (Lipinski definition) is 0. The Morgan fingerprint density at radius 2 is 2.30 bits per heavy atom. The van der Waals surface area contributed by atoms with Crippen LogP contribution in [0.25, 0.3) is 5.69 Å². The molecule has 140 valence electrons. The van der Waals surface area contributed by atoms with E-state index < -0.39 is 0 Å². The van der Waals surface area contributed by atoms with Gasteiger partial charge in [0.25, 0.3) is 0 Å². The van der Waals surface area contributed by atoms with Crippen LogP contribution < -0.4 is 4.74 Å². The number of rotatable bonds is 4. The van der Waals surface area contributed by atoms with E-state index in [0.29, 0.717) is 6.61 Å². The SMILES string of the molecule is COc1ccc(-n2cccn2)c(CN2CC[C@@H]3OCc4cnnn4[C@H]3C2)c1. The average molecular weight is 366 g/mol.